The molecule has 1 saturated carbocycles. The molecule has 0 spiro atoms. The SMILES string of the molecule is Cn1c(N[C@@H]2C[C@H]2c2cccc(F)c2)c(C#N)c(=O)n(C)c1=O. The fourth-order valence-electron chi connectivity index (χ4n) is 2.75. The number of nitrogens with one attached hydrogen (secondary N) is 1. The van der Waals surface area contributed by atoms with Gasteiger partial charge >= 0.3 is 5.69 Å². The molecule has 0 radical (unpaired) electrons. The van der Waals surface area contributed by atoms with Gasteiger partial charge in [0.2, 0.25) is 0 Å². The lowest BCUT2D eigenvalue weighted by molar-refractivity contribution is 0.625. The molecule has 3 rings (SSSR count). The highest BCUT2D eigenvalue weighted by atomic mass is 19.1. The fourth-order valence-corrected chi connectivity index (χ4v) is 2.75. The topological polar surface area (TPSA) is 79.8 Å². The van der Waals surface area contributed by atoms with Crippen LogP contribution in [-0.4, -0.2) is 15.2 Å². The van der Waals surface area contributed by atoms with Gasteiger partial charge in [-0.05, 0) is 24.1 Å². The highest BCUT2D eigenvalue weighted by Gasteiger charge is 2.39. The molecule has 1 fully saturated rings. The van der Waals surface area contributed by atoms with Crippen molar-refractivity contribution in [3.8, 4) is 6.07 Å². The largest absolute Gasteiger partial charge is 0.367 e. The van der Waals surface area contributed by atoms with Crippen molar-refractivity contribution in [2.24, 2.45) is 14.1 Å². The molecule has 2 atom stereocenters. The highest BCUT2D eigenvalue weighted by molar-refractivity contribution is 5.53. The minimum absolute atomic E-state index is 0.0402. The highest BCUT2D eigenvalue weighted by Crippen LogP contribution is 2.42. The molecule has 1 heterocycles. The lowest BCUT2D eigenvalue weighted by atomic mass is 10.1. The van der Waals surface area contributed by atoms with E-state index in [-0.39, 0.29) is 29.2 Å². The predicted octanol–water partition coefficient (Wildman–Crippen LogP) is 1.06. The van der Waals surface area contributed by atoms with Crippen molar-refractivity contribution in [1.82, 2.24) is 9.13 Å². The van der Waals surface area contributed by atoms with Gasteiger partial charge in [0.05, 0.1) is 0 Å². The third-order valence-corrected chi connectivity index (χ3v) is 4.17. The summed E-state index contributed by atoms with van der Waals surface area (Å²) < 4.78 is 15.4. The number of anilines is 1. The zero-order valence-electron chi connectivity index (χ0n) is 12.7. The van der Waals surface area contributed by atoms with Gasteiger partial charge in [-0.2, -0.15) is 5.26 Å². The molecule has 0 unspecified atom stereocenters. The molecule has 0 amide bonds. The summed E-state index contributed by atoms with van der Waals surface area (Å²) in [6.45, 7) is 0. The molecule has 0 aliphatic heterocycles. The van der Waals surface area contributed by atoms with Crippen molar-refractivity contribution in [2.45, 2.75) is 18.4 Å². The van der Waals surface area contributed by atoms with E-state index in [1.165, 1.54) is 30.8 Å². The fraction of sp³-hybridized carbons (Fsp3) is 0.312. The van der Waals surface area contributed by atoms with Crippen molar-refractivity contribution in [2.75, 3.05) is 5.32 Å². The summed E-state index contributed by atoms with van der Waals surface area (Å²) in [6, 6.07) is 8.15. The average Bonchev–Trinajstić information content (AvgIpc) is 3.30. The number of hydrogen-bond acceptors (Lipinski definition) is 4. The molecule has 1 aromatic heterocycles. The lowest BCUT2D eigenvalue weighted by Crippen LogP contribution is -2.40. The van der Waals surface area contributed by atoms with Gasteiger partial charge in [-0.3, -0.25) is 13.9 Å². The van der Waals surface area contributed by atoms with Gasteiger partial charge in [-0.15, -0.1) is 0 Å². The van der Waals surface area contributed by atoms with Crippen LogP contribution in [0.1, 0.15) is 23.5 Å². The molecule has 2 aromatic rings. The van der Waals surface area contributed by atoms with Crippen LogP contribution in [0.2, 0.25) is 0 Å². The summed E-state index contributed by atoms with van der Waals surface area (Å²) in [5.41, 5.74) is -0.366. The Hall–Kier alpha value is -2.88. The number of benzene rings is 1. The molecule has 0 bridgehead atoms. The van der Waals surface area contributed by atoms with Crippen molar-refractivity contribution in [3.63, 3.8) is 0 Å². The summed E-state index contributed by atoms with van der Waals surface area (Å²) in [6.07, 6.45) is 0.748. The Labute approximate surface area is 131 Å². The zero-order chi connectivity index (χ0) is 16.7. The maximum absolute atomic E-state index is 13.3. The number of nitriles is 1. The van der Waals surface area contributed by atoms with Crippen molar-refractivity contribution < 1.29 is 4.39 Å². The summed E-state index contributed by atoms with van der Waals surface area (Å²) in [5.74, 6) is 0.00718. The summed E-state index contributed by atoms with van der Waals surface area (Å²) in [5, 5.41) is 12.3. The first-order valence-corrected chi connectivity index (χ1v) is 7.16. The first kappa shape index (κ1) is 15.0. The van der Waals surface area contributed by atoms with E-state index in [4.69, 9.17) is 0 Å². The Morgan fingerprint density at radius 1 is 1.30 bits per heavy atom. The monoisotopic (exact) mass is 314 g/mol. The summed E-state index contributed by atoms with van der Waals surface area (Å²) in [7, 11) is 2.84. The number of halogens is 1. The molecular weight excluding hydrogens is 299 g/mol. The van der Waals surface area contributed by atoms with Gasteiger partial charge in [0.15, 0.2) is 5.56 Å². The second-order valence-corrected chi connectivity index (χ2v) is 5.69. The second kappa shape index (κ2) is 5.39. The van der Waals surface area contributed by atoms with Gasteiger partial charge in [0.1, 0.15) is 17.7 Å². The molecule has 1 aliphatic rings. The molecule has 23 heavy (non-hydrogen) atoms. The maximum Gasteiger partial charge on any atom is 0.332 e. The normalized spacial score (nSPS) is 19.2. The third kappa shape index (κ3) is 2.52. The number of aromatic nitrogens is 2. The van der Waals surface area contributed by atoms with E-state index in [9.17, 15) is 19.2 Å². The van der Waals surface area contributed by atoms with E-state index in [0.717, 1.165) is 16.6 Å². The van der Waals surface area contributed by atoms with Gasteiger partial charge in [-0.25, -0.2) is 9.18 Å². The first-order valence-electron chi connectivity index (χ1n) is 7.16. The molecule has 118 valence electrons. The van der Waals surface area contributed by atoms with Crippen molar-refractivity contribution in [1.29, 1.82) is 5.26 Å². The maximum atomic E-state index is 13.3. The molecule has 0 saturated heterocycles. The first-order chi connectivity index (χ1) is 10.9. The molecular formula is C16H15FN4O2. The minimum atomic E-state index is -0.624. The van der Waals surface area contributed by atoms with E-state index in [2.05, 4.69) is 5.32 Å². The minimum Gasteiger partial charge on any atom is -0.367 e. The zero-order valence-corrected chi connectivity index (χ0v) is 12.7. The van der Waals surface area contributed by atoms with Crippen LogP contribution in [0.5, 0.6) is 0 Å². The van der Waals surface area contributed by atoms with Crippen LogP contribution in [0.15, 0.2) is 33.9 Å². The van der Waals surface area contributed by atoms with E-state index < -0.39 is 11.2 Å². The second-order valence-electron chi connectivity index (χ2n) is 5.69. The smallest absolute Gasteiger partial charge is 0.332 e. The molecule has 7 heteroatoms. The summed E-state index contributed by atoms with van der Waals surface area (Å²) >= 11 is 0. The number of rotatable bonds is 3. The Balaban J connectivity index is 1.93. The molecule has 1 aromatic carbocycles. The van der Waals surface area contributed by atoms with E-state index in [0.29, 0.717) is 0 Å². The quantitative estimate of drug-likeness (QED) is 0.919. The molecule has 1 N–H and O–H groups in total. The van der Waals surface area contributed by atoms with Gasteiger partial charge in [0.25, 0.3) is 5.56 Å². The molecule has 6 nitrogen and oxygen atoms in total. The van der Waals surface area contributed by atoms with Crippen LogP contribution in [0.25, 0.3) is 0 Å². The number of hydrogen-bond donors (Lipinski definition) is 1. The standard InChI is InChI=1S/C16H15FN4O2/c1-20-14(12(8-18)15(22)21(2)16(20)23)19-13-7-11(13)9-4-3-5-10(17)6-9/h3-6,11,13,19H,7H2,1-2H3/t11-,13+/m0/s1. The van der Waals surface area contributed by atoms with Gasteiger partial charge in [-0.1, -0.05) is 12.1 Å². The van der Waals surface area contributed by atoms with Crippen LogP contribution in [0.4, 0.5) is 10.2 Å². The number of nitrogens with zero attached hydrogens (tertiary/aromatic N) is 3. The van der Waals surface area contributed by atoms with Crippen molar-refractivity contribution in [3.05, 3.63) is 62.0 Å². The lowest BCUT2D eigenvalue weighted by Gasteiger charge is -2.13. The van der Waals surface area contributed by atoms with Crippen LogP contribution in [0, 0.1) is 17.1 Å². The van der Waals surface area contributed by atoms with E-state index in [1.807, 2.05) is 12.1 Å². The third-order valence-electron chi connectivity index (χ3n) is 4.17. The predicted molar refractivity (Wildman–Crippen MR) is 82.8 cm³/mol. The Kier molecular flexibility index (Phi) is 3.52. The Morgan fingerprint density at radius 3 is 2.70 bits per heavy atom. The van der Waals surface area contributed by atoms with Crippen LogP contribution >= 0.6 is 0 Å². The van der Waals surface area contributed by atoms with Crippen LogP contribution in [-0.2, 0) is 14.1 Å². The Morgan fingerprint density at radius 2 is 2.04 bits per heavy atom. The Bertz CT molecular complexity index is 939. The van der Waals surface area contributed by atoms with E-state index >= 15 is 0 Å². The van der Waals surface area contributed by atoms with Crippen LogP contribution < -0.4 is 16.6 Å². The van der Waals surface area contributed by atoms with Gasteiger partial charge < -0.3 is 5.32 Å². The summed E-state index contributed by atoms with van der Waals surface area (Å²) in [4.78, 5) is 24.0. The van der Waals surface area contributed by atoms with Crippen LogP contribution in [0.3, 0.4) is 0 Å². The average molecular weight is 314 g/mol. The van der Waals surface area contributed by atoms with Crippen molar-refractivity contribution >= 4 is 5.82 Å². The molecule has 1 aliphatic carbocycles. The van der Waals surface area contributed by atoms with E-state index in [1.54, 1.807) is 6.07 Å². The van der Waals surface area contributed by atoms with Gasteiger partial charge in [0, 0.05) is 26.1 Å².